The van der Waals surface area contributed by atoms with E-state index in [2.05, 4.69) is 15.6 Å². The van der Waals surface area contributed by atoms with Crippen LogP contribution < -0.4 is 15.4 Å². The molecule has 2 aromatic carbocycles. The number of methoxy groups -OCH3 is 1. The van der Waals surface area contributed by atoms with Crippen molar-refractivity contribution >= 4 is 17.4 Å². The second-order valence-electron chi connectivity index (χ2n) is 6.41. The van der Waals surface area contributed by atoms with Gasteiger partial charge in [0.15, 0.2) is 0 Å². The van der Waals surface area contributed by atoms with Crippen molar-refractivity contribution in [3.05, 3.63) is 83.0 Å². The van der Waals surface area contributed by atoms with Crippen LogP contribution in [0.25, 0.3) is 0 Å². The van der Waals surface area contributed by atoms with E-state index >= 15 is 0 Å². The van der Waals surface area contributed by atoms with Gasteiger partial charge >= 0.3 is 0 Å². The number of aromatic nitrogens is 1. The molecule has 0 aliphatic carbocycles. The Labute approximate surface area is 159 Å². The van der Waals surface area contributed by atoms with Crippen LogP contribution in [0.4, 0.5) is 11.5 Å². The van der Waals surface area contributed by atoms with E-state index in [-0.39, 0.29) is 5.91 Å². The Bertz CT molecular complexity index is 919. The van der Waals surface area contributed by atoms with Crippen molar-refractivity contribution in [1.82, 2.24) is 4.98 Å². The monoisotopic (exact) mass is 361 g/mol. The molecule has 0 saturated carbocycles. The minimum absolute atomic E-state index is 0.169. The van der Waals surface area contributed by atoms with E-state index in [1.807, 2.05) is 62.4 Å². The number of carbonyl (C=O) groups excluding carboxylic acids is 1. The number of rotatable bonds is 6. The van der Waals surface area contributed by atoms with E-state index in [0.29, 0.717) is 17.9 Å². The molecule has 3 aromatic rings. The van der Waals surface area contributed by atoms with E-state index in [4.69, 9.17) is 4.74 Å². The number of benzene rings is 2. The fourth-order valence-electron chi connectivity index (χ4n) is 2.63. The second-order valence-corrected chi connectivity index (χ2v) is 6.41. The molecule has 0 saturated heterocycles. The molecule has 0 bridgehead atoms. The number of anilines is 2. The highest BCUT2D eigenvalue weighted by Crippen LogP contribution is 2.18. The van der Waals surface area contributed by atoms with Crippen LogP contribution in [-0.2, 0) is 6.54 Å². The first-order chi connectivity index (χ1) is 13.0. The molecule has 138 valence electrons. The first-order valence-corrected chi connectivity index (χ1v) is 8.76. The van der Waals surface area contributed by atoms with Crippen LogP contribution in [0.15, 0.2) is 60.8 Å². The maximum atomic E-state index is 12.4. The molecule has 0 atom stereocenters. The second kappa shape index (κ2) is 8.36. The molecule has 5 nitrogen and oxygen atoms in total. The zero-order chi connectivity index (χ0) is 19.2. The van der Waals surface area contributed by atoms with Gasteiger partial charge in [0.2, 0.25) is 0 Å². The molecule has 3 rings (SSSR count). The number of aryl methyl sites for hydroxylation is 2. The normalized spacial score (nSPS) is 10.3. The Morgan fingerprint density at radius 1 is 1.04 bits per heavy atom. The Morgan fingerprint density at radius 3 is 2.48 bits per heavy atom. The highest BCUT2D eigenvalue weighted by Gasteiger charge is 2.08. The minimum Gasteiger partial charge on any atom is -0.497 e. The van der Waals surface area contributed by atoms with Crippen LogP contribution in [0.3, 0.4) is 0 Å². The van der Waals surface area contributed by atoms with Gasteiger partial charge in [-0.2, -0.15) is 0 Å². The number of carbonyl (C=O) groups is 1. The summed E-state index contributed by atoms with van der Waals surface area (Å²) in [6, 6.07) is 17.4. The number of nitrogens with zero attached hydrogens (tertiary/aromatic N) is 1. The molecule has 2 N–H and O–H groups in total. The summed E-state index contributed by atoms with van der Waals surface area (Å²) in [5.41, 5.74) is 4.59. The lowest BCUT2D eigenvalue weighted by atomic mass is 10.1. The maximum absolute atomic E-state index is 12.4. The van der Waals surface area contributed by atoms with E-state index < -0.39 is 0 Å². The number of hydrogen-bond donors (Lipinski definition) is 2. The van der Waals surface area contributed by atoms with Crippen LogP contribution in [0.5, 0.6) is 5.75 Å². The van der Waals surface area contributed by atoms with Crippen LogP contribution >= 0.6 is 0 Å². The predicted molar refractivity (Wildman–Crippen MR) is 108 cm³/mol. The SMILES string of the molecule is COc1ccc(CNc2ccc(C(=O)Nc3cc(C)ccc3C)cn2)cc1. The average molecular weight is 361 g/mol. The summed E-state index contributed by atoms with van der Waals surface area (Å²) in [6.07, 6.45) is 1.58. The first kappa shape index (κ1) is 18.5. The largest absolute Gasteiger partial charge is 0.497 e. The third-order valence-electron chi connectivity index (χ3n) is 4.30. The summed E-state index contributed by atoms with van der Waals surface area (Å²) in [4.78, 5) is 16.8. The fourth-order valence-corrected chi connectivity index (χ4v) is 2.63. The lowest BCUT2D eigenvalue weighted by Crippen LogP contribution is -2.13. The highest BCUT2D eigenvalue weighted by molar-refractivity contribution is 6.04. The molecule has 0 radical (unpaired) electrons. The van der Waals surface area contributed by atoms with Gasteiger partial charge in [0, 0.05) is 18.4 Å². The predicted octanol–water partition coefficient (Wildman–Crippen LogP) is 4.57. The molecule has 1 heterocycles. The van der Waals surface area contributed by atoms with Crippen LogP contribution in [0.2, 0.25) is 0 Å². The molecule has 1 amide bonds. The number of nitrogens with one attached hydrogen (secondary N) is 2. The Balaban J connectivity index is 1.60. The standard InChI is InChI=1S/C22H23N3O2/c1-15-4-5-16(2)20(12-15)25-22(26)18-8-11-21(24-14-18)23-13-17-6-9-19(27-3)10-7-17/h4-12,14H,13H2,1-3H3,(H,23,24)(H,25,26). The Morgan fingerprint density at radius 2 is 1.81 bits per heavy atom. The summed E-state index contributed by atoms with van der Waals surface area (Å²) in [5, 5.41) is 6.19. The lowest BCUT2D eigenvalue weighted by Gasteiger charge is -2.10. The quantitative estimate of drug-likeness (QED) is 0.675. The summed E-state index contributed by atoms with van der Waals surface area (Å²) >= 11 is 0. The Kier molecular flexibility index (Phi) is 5.71. The molecular formula is C22H23N3O2. The highest BCUT2D eigenvalue weighted by atomic mass is 16.5. The first-order valence-electron chi connectivity index (χ1n) is 8.76. The Hall–Kier alpha value is -3.34. The van der Waals surface area contributed by atoms with Crippen LogP contribution in [-0.4, -0.2) is 18.0 Å². The molecular weight excluding hydrogens is 338 g/mol. The third kappa shape index (κ3) is 4.85. The summed E-state index contributed by atoms with van der Waals surface area (Å²) in [5.74, 6) is 1.38. The van der Waals surface area contributed by atoms with Gasteiger partial charge < -0.3 is 15.4 Å². The van der Waals surface area contributed by atoms with Crippen molar-refractivity contribution in [2.45, 2.75) is 20.4 Å². The molecule has 1 aromatic heterocycles. The number of amides is 1. The van der Waals surface area contributed by atoms with Crippen molar-refractivity contribution in [3.8, 4) is 5.75 Å². The van der Waals surface area contributed by atoms with Gasteiger partial charge in [0.05, 0.1) is 12.7 Å². The number of pyridine rings is 1. The van der Waals surface area contributed by atoms with E-state index in [0.717, 1.165) is 28.1 Å². The third-order valence-corrected chi connectivity index (χ3v) is 4.30. The maximum Gasteiger partial charge on any atom is 0.257 e. The minimum atomic E-state index is -0.169. The zero-order valence-corrected chi connectivity index (χ0v) is 15.7. The molecule has 0 unspecified atom stereocenters. The van der Waals surface area contributed by atoms with Crippen LogP contribution in [0, 0.1) is 13.8 Å². The van der Waals surface area contributed by atoms with Gasteiger partial charge in [0.25, 0.3) is 5.91 Å². The van der Waals surface area contributed by atoms with Gasteiger partial charge in [-0.3, -0.25) is 4.79 Å². The summed E-state index contributed by atoms with van der Waals surface area (Å²) < 4.78 is 5.15. The number of hydrogen-bond acceptors (Lipinski definition) is 4. The summed E-state index contributed by atoms with van der Waals surface area (Å²) in [6.45, 7) is 4.62. The molecule has 0 aliphatic heterocycles. The molecule has 5 heteroatoms. The molecule has 0 spiro atoms. The van der Waals surface area contributed by atoms with Crippen molar-refractivity contribution in [2.75, 3.05) is 17.7 Å². The average Bonchev–Trinajstić information content (AvgIpc) is 2.70. The van der Waals surface area contributed by atoms with Crippen molar-refractivity contribution < 1.29 is 9.53 Å². The van der Waals surface area contributed by atoms with Gasteiger partial charge in [0.1, 0.15) is 11.6 Å². The topological polar surface area (TPSA) is 63.2 Å². The van der Waals surface area contributed by atoms with E-state index in [1.54, 1.807) is 19.4 Å². The van der Waals surface area contributed by atoms with Crippen LogP contribution in [0.1, 0.15) is 27.0 Å². The smallest absolute Gasteiger partial charge is 0.257 e. The fraction of sp³-hybridized carbons (Fsp3) is 0.182. The summed E-state index contributed by atoms with van der Waals surface area (Å²) in [7, 11) is 1.65. The van der Waals surface area contributed by atoms with Gasteiger partial charge in [-0.15, -0.1) is 0 Å². The lowest BCUT2D eigenvalue weighted by molar-refractivity contribution is 0.102. The molecule has 27 heavy (non-hydrogen) atoms. The van der Waals surface area contributed by atoms with Crippen molar-refractivity contribution in [1.29, 1.82) is 0 Å². The van der Waals surface area contributed by atoms with Gasteiger partial charge in [-0.1, -0.05) is 24.3 Å². The van der Waals surface area contributed by atoms with Gasteiger partial charge in [-0.05, 0) is 60.9 Å². The van der Waals surface area contributed by atoms with E-state index in [1.165, 1.54) is 0 Å². The van der Waals surface area contributed by atoms with Crippen molar-refractivity contribution in [2.24, 2.45) is 0 Å². The van der Waals surface area contributed by atoms with Crippen molar-refractivity contribution in [3.63, 3.8) is 0 Å². The van der Waals surface area contributed by atoms with E-state index in [9.17, 15) is 4.79 Å². The number of ether oxygens (including phenoxy) is 1. The molecule has 0 fully saturated rings. The zero-order valence-electron chi connectivity index (χ0n) is 15.7. The molecule has 0 aliphatic rings. The van der Waals surface area contributed by atoms with Gasteiger partial charge in [-0.25, -0.2) is 4.98 Å².